The first-order valence-corrected chi connectivity index (χ1v) is 9.60. The number of carbonyl (C=O) groups is 1. The Hall–Kier alpha value is -2.57. The predicted molar refractivity (Wildman–Crippen MR) is 101 cm³/mol. The highest BCUT2D eigenvalue weighted by Crippen LogP contribution is 2.33. The van der Waals surface area contributed by atoms with Crippen LogP contribution in [0.2, 0.25) is 0 Å². The van der Waals surface area contributed by atoms with E-state index in [1.807, 2.05) is 28.5 Å². The summed E-state index contributed by atoms with van der Waals surface area (Å²) in [6.07, 6.45) is -3.41. The summed E-state index contributed by atoms with van der Waals surface area (Å²) in [4.78, 5) is 15.2. The molecule has 0 aliphatic carbocycles. The summed E-state index contributed by atoms with van der Waals surface area (Å²) in [7, 11) is 0. The number of carbonyl (C=O) groups excluding carboxylic acids is 1. The molecule has 1 amide bonds. The quantitative estimate of drug-likeness (QED) is 0.797. The zero-order valence-corrected chi connectivity index (χ0v) is 15.7. The number of nitrogens with zero attached hydrogens (tertiary/aromatic N) is 2. The zero-order valence-electron chi connectivity index (χ0n) is 14.9. The maximum atomic E-state index is 12.8. The van der Waals surface area contributed by atoms with Crippen LogP contribution in [0.4, 0.5) is 18.9 Å². The standard InChI is InChI=1S/C19H19F3N4OS/c20-19(21,22)13-3-4-17(12(8-13)10-23)26-6-5-14(11-26)25-18(27)16(24)9-15-2-1-7-28-15/h1-4,7-8,14,16H,5-6,9,11,24H2,(H,25,27). The van der Waals surface area contributed by atoms with Crippen molar-refractivity contribution in [2.75, 3.05) is 18.0 Å². The van der Waals surface area contributed by atoms with Gasteiger partial charge in [-0.15, -0.1) is 11.3 Å². The molecule has 1 aromatic heterocycles. The molecule has 3 N–H and O–H groups in total. The largest absolute Gasteiger partial charge is 0.416 e. The number of anilines is 1. The van der Waals surface area contributed by atoms with Gasteiger partial charge in [-0.25, -0.2) is 0 Å². The van der Waals surface area contributed by atoms with Gasteiger partial charge >= 0.3 is 6.18 Å². The van der Waals surface area contributed by atoms with Gasteiger partial charge in [0, 0.05) is 30.4 Å². The Morgan fingerprint density at radius 2 is 2.21 bits per heavy atom. The highest BCUT2D eigenvalue weighted by atomic mass is 32.1. The molecule has 1 aliphatic heterocycles. The van der Waals surface area contributed by atoms with E-state index in [1.54, 1.807) is 0 Å². The van der Waals surface area contributed by atoms with Gasteiger partial charge in [0.1, 0.15) is 6.07 Å². The number of hydrogen-bond donors (Lipinski definition) is 2. The molecule has 0 radical (unpaired) electrons. The summed E-state index contributed by atoms with van der Waals surface area (Å²) in [5.74, 6) is -0.256. The topological polar surface area (TPSA) is 82.2 Å². The van der Waals surface area contributed by atoms with Crippen LogP contribution in [-0.2, 0) is 17.4 Å². The van der Waals surface area contributed by atoms with Gasteiger partial charge in [0.2, 0.25) is 5.91 Å². The van der Waals surface area contributed by atoms with Crippen LogP contribution in [0, 0.1) is 11.3 Å². The van der Waals surface area contributed by atoms with Crippen LogP contribution in [0.5, 0.6) is 0 Å². The second-order valence-corrected chi connectivity index (χ2v) is 7.70. The third kappa shape index (κ3) is 4.64. The van der Waals surface area contributed by atoms with Crippen molar-refractivity contribution in [3.05, 3.63) is 51.7 Å². The number of nitrogens with two attached hydrogens (primary N) is 1. The zero-order chi connectivity index (χ0) is 20.3. The van der Waals surface area contributed by atoms with Crippen molar-refractivity contribution >= 4 is 22.9 Å². The van der Waals surface area contributed by atoms with Crippen molar-refractivity contribution in [3.8, 4) is 6.07 Å². The van der Waals surface area contributed by atoms with Gasteiger partial charge in [-0.3, -0.25) is 4.79 Å². The molecule has 2 unspecified atom stereocenters. The first kappa shape index (κ1) is 20.2. The molecule has 2 atom stereocenters. The number of benzene rings is 1. The molecule has 0 spiro atoms. The van der Waals surface area contributed by atoms with Crippen LogP contribution in [0.3, 0.4) is 0 Å². The monoisotopic (exact) mass is 408 g/mol. The molecule has 9 heteroatoms. The van der Waals surface area contributed by atoms with Gasteiger partial charge in [0.25, 0.3) is 0 Å². The summed E-state index contributed by atoms with van der Waals surface area (Å²) in [5.41, 5.74) is 5.52. The Balaban J connectivity index is 1.62. The van der Waals surface area contributed by atoms with Crippen molar-refractivity contribution in [1.82, 2.24) is 5.32 Å². The molecule has 3 rings (SSSR count). The number of hydrogen-bond acceptors (Lipinski definition) is 5. The van der Waals surface area contributed by atoms with Crippen molar-refractivity contribution in [1.29, 1.82) is 5.26 Å². The molecule has 28 heavy (non-hydrogen) atoms. The number of nitriles is 1. The second kappa shape index (κ2) is 8.20. The van der Waals surface area contributed by atoms with Gasteiger partial charge < -0.3 is 16.0 Å². The van der Waals surface area contributed by atoms with E-state index in [1.165, 1.54) is 17.4 Å². The van der Waals surface area contributed by atoms with Gasteiger partial charge in [-0.1, -0.05) is 6.07 Å². The fourth-order valence-electron chi connectivity index (χ4n) is 3.22. The van der Waals surface area contributed by atoms with E-state index >= 15 is 0 Å². The van der Waals surface area contributed by atoms with Gasteiger partial charge in [0.05, 0.1) is 22.9 Å². The molecule has 1 saturated heterocycles. The first-order valence-electron chi connectivity index (χ1n) is 8.72. The fraction of sp³-hybridized carbons (Fsp3) is 0.368. The van der Waals surface area contributed by atoms with E-state index in [9.17, 15) is 23.2 Å². The minimum Gasteiger partial charge on any atom is -0.368 e. The summed E-state index contributed by atoms with van der Waals surface area (Å²) in [5, 5.41) is 14.1. The molecule has 5 nitrogen and oxygen atoms in total. The maximum Gasteiger partial charge on any atom is 0.416 e. The number of halogens is 3. The third-order valence-electron chi connectivity index (χ3n) is 4.66. The molecule has 1 aromatic carbocycles. The van der Waals surface area contributed by atoms with Crippen LogP contribution in [0.1, 0.15) is 22.4 Å². The summed E-state index contributed by atoms with van der Waals surface area (Å²) in [6, 6.07) is 7.97. The lowest BCUT2D eigenvalue weighted by atomic mass is 10.1. The predicted octanol–water partition coefficient (Wildman–Crippen LogP) is 2.90. The highest BCUT2D eigenvalue weighted by Gasteiger charge is 2.32. The Bertz CT molecular complexity index is 876. The SMILES string of the molecule is N#Cc1cc(C(F)(F)F)ccc1N1CCC(NC(=O)C(N)Cc2cccs2)C1. The minimum atomic E-state index is -4.50. The molecule has 1 aliphatic rings. The Kier molecular flexibility index (Phi) is 5.91. The number of rotatable bonds is 5. The molecular weight excluding hydrogens is 389 g/mol. The molecule has 2 heterocycles. The summed E-state index contributed by atoms with van der Waals surface area (Å²) < 4.78 is 38.5. The lowest BCUT2D eigenvalue weighted by Crippen LogP contribution is -2.47. The third-order valence-corrected chi connectivity index (χ3v) is 5.56. The van der Waals surface area contributed by atoms with Crippen LogP contribution >= 0.6 is 11.3 Å². The normalized spacial score (nSPS) is 18.0. The Morgan fingerprint density at radius 1 is 1.43 bits per heavy atom. The van der Waals surface area contributed by atoms with Crippen LogP contribution in [-0.4, -0.2) is 31.1 Å². The number of nitrogens with one attached hydrogen (secondary N) is 1. The lowest BCUT2D eigenvalue weighted by Gasteiger charge is -2.22. The first-order chi connectivity index (χ1) is 13.3. The van der Waals surface area contributed by atoms with Crippen molar-refractivity contribution in [2.24, 2.45) is 5.73 Å². The smallest absolute Gasteiger partial charge is 0.368 e. The van der Waals surface area contributed by atoms with E-state index < -0.39 is 17.8 Å². The average Bonchev–Trinajstić information content (AvgIpc) is 3.32. The summed E-state index contributed by atoms with van der Waals surface area (Å²) in [6.45, 7) is 0.947. The van der Waals surface area contributed by atoms with Crippen LogP contribution < -0.4 is 16.0 Å². The molecule has 0 saturated carbocycles. The van der Waals surface area contributed by atoms with E-state index in [2.05, 4.69) is 5.32 Å². The molecule has 2 aromatic rings. The molecular formula is C19H19F3N4OS. The minimum absolute atomic E-state index is 0.0313. The van der Waals surface area contributed by atoms with Gasteiger partial charge in [0.15, 0.2) is 0 Å². The Morgan fingerprint density at radius 3 is 2.86 bits per heavy atom. The summed E-state index contributed by atoms with van der Waals surface area (Å²) >= 11 is 1.54. The van der Waals surface area contributed by atoms with Crippen molar-refractivity contribution < 1.29 is 18.0 Å². The van der Waals surface area contributed by atoms with Gasteiger partial charge in [-0.05, 0) is 36.1 Å². The van der Waals surface area contributed by atoms with Crippen LogP contribution in [0.25, 0.3) is 0 Å². The van der Waals surface area contributed by atoms with Crippen molar-refractivity contribution in [2.45, 2.75) is 31.1 Å². The van der Waals surface area contributed by atoms with Crippen LogP contribution in [0.15, 0.2) is 35.7 Å². The number of thiophene rings is 1. The fourth-order valence-corrected chi connectivity index (χ4v) is 3.99. The lowest BCUT2D eigenvalue weighted by molar-refractivity contribution is -0.137. The average molecular weight is 408 g/mol. The van der Waals surface area contributed by atoms with E-state index in [4.69, 9.17) is 5.73 Å². The number of alkyl halides is 3. The molecule has 1 fully saturated rings. The Labute approximate surface area is 164 Å². The second-order valence-electron chi connectivity index (χ2n) is 6.67. The van der Waals surface area contributed by atoms with E-state index in [0.29, 0.717) is 31.6 Å². The van der Waals surface area contributed by atoms with Gasteiger partial charge in [-0.2, -0.15) is 18.4 Å². The maximum absolute atomic E-state index is 12.8. The highest BCUT2D eigenvalue weighted by molar-refractivity contribution is 7.09. The number of amides is 1. The van der Waals surface area contributed by atoms with E-state index in [0.717, 1.165) is 17.0 Å². The van der Waals surface area contributed by atoms with E-state index in [-0.39, 0.29) is 17.5 Å². The molecule has 148 valence electrons. The van der Waals surface area contributed by atoms with Crippen molar-refractivity contribution in [3.63, 3.8) is 0 Å². The molecule has 0 bridgehead atoms.